The molecule has 0 bridgehead atoms. The molecule has 2 rings (SSSR count). The Morgan fingerprint density at radius 2 is 2.07 bits per heavy atom. The molecule has 0 unspecified atom stereocenters. The second kappa shape index (κ2) is 4.66. The molecule has 4 heteroatoms. The van der Waals surface area contributed by atoms with Crippen LogP contribution in [-0.2, 0) is 6.42 Å². The van der Waals surface area contributed by atoms with Gasteiger partial charge in [0.1, 0.15) is 0 Å². The first-order chi connectivity index (χ1) is 7.33. The lowest BCUT2D eigenvalue weighted by atomic mass is 9.85. The Morgan fingerprint density at radius 1 is 1.33 bits per heavy atom. The Labute approximate surface area is 88.8 Å². The van der Waals surface area contributed by atoms with E-state index < -0.39 is 0 Å². The molecule has 1 aliphatic carbocycles. The molecule has 1 saturated carbocycles. The van der Waals surface area contributed by atoms with E-state index in [1.165, 1.54) is 19.3 Å². The van der Waals surface area contributed by atoms with Crippen LogP contribution in [0.5, 0.6) is 0 Å². The predicted molar refractivity (Wildman–Crippen MR) is 57.9 cm³/mol. The van der Waals surface area contributed by atoms with Crippen molar-refractivity contribution in [2.24, 2.45) is 5.73 Å². The van der Waals surface area contributed by atoms with Crippen LogP contribution in [0, 0.1) is 0 Å². The zero-order valence-electron chi connectivity index (χ0n) is 8.92. The predicted octanol–water partition coefficient (Wildman–Crippen LogP) is 1.52. The third-order valence-corrected chi connectivity index (χ3v) is 3.23. The first kappa shape index (κ1) is 10.5. The summed E-state index contributed by atoms with van der Waals surface area (Å²) >= 11 is 0. The van der Waals surface area contributed by atoms with Gasteiger partial charge in [-0.3, -0.25) is 0 Å². The first-order valence-electron chi connectivity index (χ1n) is 5.73. The summed E-state index contributed by atoms with van der Waals surface area (Å²) in [6.45, 7) is 0.502. The molecule has 0 aromatic carbocycles. The molecule has 4 nitrogen and oxygen atoms in total. The Hall–Kier alpha value is -1.03. The van der Waals surface area contributed by atoms with Gasteiger partial charge in [-0.05, 0) is 25.8 Å². The van der Waals surface area contributed by atoms with Gasteiger partial charge in [-0.1, -0.05) is 19.3 Å². The molecule has 0 spiro atoms. The molecule has 15 heavy (non-hydrogen) atoms. The molecule has 0 amide bonds. The van der Waals surface area contributed by atoms with Gasteiger partial charge in [0.15, 0.2) is 0 Å². The topological polar surface area (TPSA) is 72.0 Å². The molecule has 1 heterocycles. The average molecular weight is 210 g/mol. The summed E-state index contributed by atoms with van der Waals surface area (Å²) in [5.41, 5.74) is 7.03. The van der Waals surface area contributed by atoms with Crippen LogP contribution in [-0.4, -0.2) is 11.7 Å². The van der Waals surface area contributed by atoms with Crippen LogP contribution >= 0.6 is 0 Å². The van der Waals surface area contributed by atoms with E-state index in [0.717, 1.165) is 24.1 Å². The normalized spacial score (nSPS) is 18.2. The SMILES string of the molecule is NCCc1c(C2CCCCC2)[nH]oc1=O. The number of hydrogen-bond donors (Lipinski definition) is 2. The van der Waals surface area contributed by atoms with Gasteiger partial charge in [0.2, 0.25) is 0 Å². The average Bonchev–Trinajstić information content (AvgIpc) is 2.63. The third kappa shape index (κ3) is 2.15. The van der Waals surface area contributed by atoms with E-state index in [1.54, 1.807) is 0 Å². The summed E-state index contributed by atoms with van der Waals surface area (Å²) in [7, 11) is 0. The van der Waals surface area contributed by atoms with Crippen molar-refractivity contribution in [3.8, 4) is 0 Å². The number of aromatic nitrogens is 1. The van der Waals surface area contributed by atoms with Gasteiger partial charge in [0, 0.05) is 5.92 Å². The summed E-state index contributed by atoms with van der Waals surface area (Å²) in [5.74, 6) is 0.478. The Kier molecular flexibility index (Phi) is 3.26. The molecule has 3 N–H and O–H groups in total. The molecule has 1 aliphatic rings. The second-order valence-electron chi connectivity index (χ2n) is 4.26. The van der Waals surface area contributed by atoms with E-state index in [4.69, 9.17) is 10.3 Å². The molecule has 1 aromatic heterocycles. The number of rotatable bonds is 3. The van der Waals surface area contributed by atoms with Crippen molar-refractivity contribution in [1.29, 1.82) is 0 Å². The largest absolute Gasteiger partial charge is 0.360 e. The molecule has 0 saturated heterocycles. The van der Waals surface area contributed by atoms with E-state index >= 15 is 0 Å². The maximum absolute atomic E-state index is 11.4. The van der Waals surface area contributed by atoms with E-state index in [9.17, 15) is 4.79 Å². The van der Waals surface area contributed by atoms with Crippen molar-refractivity contribution in [2.75, 3.05) is 6.54 Å². The van der Waals surface area contributed by atoms with Gasteiger partial charge < -0.3 is 10.3 Å². The molecule has 84 valence electrons. The molecule has 0 radical (unpaired) electrons. The number of nitrogens with one attached hydrogen (secondary N) is 1. The van der Waals surface area contributed by atoms with Gasteiger partial charge in [-0.2, -0.15) is 0 Å². The summed E-state index contributed by atoms with van der Waals surface area (Å²) in [4.78, 5) is 11.4. The zero-order valence-corrected chi connectivity index (χ0v) is 8.92. The number of hydrogen-bond acceptors (Lipinski definition) is 3. The summed E-state index contributed by atoms with van der Waals surface area (Å²) in [6.07, 6.45) is 6.75. The fourth-order valence-corrected chi connectivity index (χ4v) is 2.44. The maximum Gasteiger partial charge on any atom is 0.360 e. The second-order valence-corrected chi connectivity index (χ2v) is 4.26. The Bertz CT molecular complexity index is 361. The van der Waals surface area contributed by atoms with Crippen LogP contribution in [0.4, 0.5) is 0 Å². The number of nitrogens with two attached hydrogens (primary N) is 1. The van der Waals surface area contributed by atoms with Gasteiger partial charge in [0.05, 0.1) is 11.3 Å². The third-order valence-electron chi connectivity index (χ3n) is 3.23. The fraction of sp³-hybridized carbons (Fsp3) is 0.727. The van der Waals surface area contributed by atoms with Gasteiger partial charge in [0.25, 0.3) is 0 Å². The van der Waals surface area contributed by atoms with E-state index in [2.05, 4.69) is 5.16 Å². The van der Waals surface area contributed by atoms with Crippen molar-refractivity contribution in [3.05, 3.63) is 21.7 Å². The lowest BCUT2D eigenvalue weighted by Gasteiger charge is -2.20. The first-order valence-corrected chi connectivity index (χ1v) is 5.73. The number of H-pyrrole nitrogens is 1. The molecule has 0 atom stereocenters. The van der Waals surface area contributed by atoms with Crippen LogP contribution in [0.25, 0.3) is 0 Å². The Balaban J connectivity index is 2.22. The van der Waals surface area contributed by atoms with E-state index in [-0.39, 0.29) is 5.63 Å². The van der Waals surface area contributed by atoms with Gasteiger partial charge >= 0.3 is 5.63 Å². The van der Waals surface area contributed by atoms with Crippen molar-refractivity contribution >= 4 is 0 Å². The van der Waals surface area contributed by atoms with Gasteiger partial charge in [-0.15, -0.1) is 0 Å². The Morgan fingerprint density at radius 3 is 2.73 bits per heavy atom. The maximum atomic E-state index is 11.4. The minimum absolute atomic E-state index is 0.235. The summed E-state index contributed by atoms with van der Waals surface area (Å²) in [6, 6.07) is 0. The standard InChI is InChI=1S/C11H18N2O2/c12-7-6-9-10(13-15-11(9)14)8-4-2-1-3-5-8/h8,13H,1-7,12H2. The zero-order chi connectivity index (χ0) is 10.7. The summed E-state index contributed by atoms with van der Waals surface area (Å²) in [5, 5.41) is 2.79. The van der Waals surface area contributed by atoms with Crippen molar-refractivity contribution in [1.82, 2.24) is 5.16 Å². The smallest absolute Gasteiger partial charge is 0.339 e. The highest BCUT2D eigenvalue weighted by atomic mass is 16.5. The highest BCUT2D eigenvalue weighted by Crippen LogP contribution is 2.32. The van der Waals surface area contributed by atoms with E-state index in [0.29, 0.717) is 18.9 Å². The minimum Gasteiger partial charge on any atom is -0.339 e. The molecular weight excluding hydrogens is 192 g/mol. The fourth-order valence-electron chi connectivity index (χ4n) is 2.44. The van der Waals surface area contributed by atoms with Crippen LogP contribution in [0.1, 0.15) is 49.3 Å². The van der Waals surface area contributed by atoms with Crippen LogP contribution in [0.15, 0.2) is 9.32 Å². The van der Waals surface area contributed by atoms with Gasteiger partial charge in [-0.25, -0.2) is 9.95 Å². The molecule has 1 fully saturated rings. The summed E-state index contributed by atoms with van der Waals surface area (Å²) < 4.78 is 4.87. The van der Waals surface area contributed by atoms with Crippen molar-refractivity contribution < 1.29 is 4.52 Å². The van der Waals surface area contributed by atoms with Crippen LogP contribution < -0.4 is 11.4 Å². The molecule has 0 aliphatic heterocycles. The minimum atomic E-state index is -0.235. The van der Waals surface area contributed by atoms with Crippen LogP contribution in [0.3, 0.4) is 0 Å². The number of aromatic amines is 1. The molecular formula is C11H18N2O2. The molecule has 1 aromatic rings. The highest BCUT2D eigenvalue weighted by Gasteiger charge is 2.22. The van der Waals surface area contributed by atoms with E-state index in [1.807, 2.05) is 0 Å². The van der Waals surface area contributed by atoms with Crippen molar-refractivity contribution in [3.63, 3.8) is 0 Å². The lowest BCUT2D eigenvalue weighted by molar-refractivity contribution is 0.363. The van der Waals surface area contributed by atoms with Crippen LogP contribution in [0.2, 0.25) is 0 Å². The quantitative estimate of drug-likeness (QED) is 0.794. The lowest BCUT2D eigenvalue weighted by Crippen LogP contribution is -2.14. The monoisotopic (exact) mass is 210 g/mol. The van der Waals surface area contributed by atoms with Crippen molar-refractivity contribution in [2.45, 2.75) is 44.4 Å². The highest BCUT2D eigenvalue weighted by molar-refractivity contribution is 5.20.